The molecule has 0 radical (unpaired) electrons. The summed E-state index contributed by atoms with van der Waals surface area (Å²) in [6.07, 6.45) is 0. The fourth-order valence-corrected chi connectivity index (χ4v) is 11.5. The van der Waals surface area contributed by atoms with Crippen molar-refractivity contribution in [1.82, 2.24) is 4.57 Å². The molecule has 0 unspecified atom stereocenters. The Morgan fingerprint density at radius 1 is 0.290 bits per heavy atom. The number of benzene rings is 11. The highest BCUT2D eigenvalue weighted by atomic mass is 32.1. The second-order valence-electron chi connectivity index (χ2n) is 16.4. The Bertz CT molecular complexity index is 3840. The van der Waals surface area contributed by atoms with Crippen LogP contribution in [-0.4, -0.2) is 4.57 Å². The normalized spacial score (nSPS) is 11.9. The monoisotopic (exact) mass is 803 g/mol. The number of rotatable bonds is 5. The molecule has 1 nitrogen and oxygen atoms in total. The van der Waals surface area contributed by atoms with Crippen LogP contribution in [0.1, 0.15) is 0 Å². The molecular weight excluding hydrogens is 767 g/mol. The summed E-state index contributed by atoms with van der Waals surface area (Å²) in [6, 6.07) is 82.9. The van der Waals surface area contributed by atoms with Crippen LogP contribution in [0.2, 0.25) is 0 Å². The second kappa shape index (κ2) is 13.9. The van der Waals surface area contributed by atoms with Crippen LogP contribution in [0.25, 0.3) is 124 Å². The summed E-state index contributed by atoms with van der Waals surface area (Å²) >= 11 is 1.89. The minimum absolute atomic E-state index is 1.15. The van der Waals surface area contributed by atoms with E-state index in [-0.39, 0.29) is 0 Å². The minimum atomic E-state index is 1.15. The molecular formula is C60H37NS. The van der Waals surface area contributed by atoms with Gasteiger partial charge in [-0.1, -0.05) is 188 Å². The summed E-state index contributed by atoms with van der Waals surface area (Å²) in [7, 11) is 0. The molecule has 2 heterocycles. The van der Waals surface area contributed by atoms with E-state index in [1.54, 1.807) is 0 Å². The van der Waals surface area contributed by atoms with E-state index in [9.17, 15) is 0 Å². The molecule has 0 bridgehead atoms. The van der Waals surface area contributed by atoms with Crippen molar-refractivity contribution in [2.24, 2.45) is 0 Å². The SMILES string of the molecule is c1ccc2c(-c3ccc(-c4c5ccccc5c(-c5ccc(-n6c7ccccc7c7cc(-c8cccc9c8sc8ccccc89)ccc76)cc5)c5ccccc45)cc3)cccc2c1. The number of aromatic nitrogens is 1. The van der Waals surface area contributed by atoms with Gasteiger partial charge >= 0.3 is 0 Å². The van der Waals surface area contributed by atoms with Crippen molar-refractivity contribution >= 4 is 85.6 Å². The molecule has 288 valence electrons. The third-order valence-corrected chi connectivity index (χ3v) is 14.2. The highest BCUT2D eigenvalue weighted by Gasteiger charge is 2.19. The topological polar surface area (TPSA) is 4.93 Å². The van der Waals surface area contributed by atoms with Crippen molar-refractivity contribution in [2.45, 2.75) is 0 Å². The molecule has 0 saturated heterocycles. The molecule has 13 aromatic rings. The summed E-state index contributed by atoms with van der Waals surface area (Å²) in [6.45, 7) is 0. The Balaban J connectivity index is 0.927. The molecule has 0 N–H and O–H groups in total. The summed E-state index contributed by atoms with van der Waals surface area (Å²) < 4.78 is 5.10. The molecule has 2 heteroatoms. The first kappa shape index (κ1) is 35.0. The van der Waals surface area contributed by atoms with Gasteiger partial charge in [-0.05, 0) is 113 Å². The van der Waals surface area contributed by atoms with E-state index >= 15 is 0 Å². The first-order valence-corrected chi connectivity index (χ1v) is 22.2. The first-order chi connectivity index (χ1) is 30.8. The van der Waals surface area contributed by atoms with E-state index in [4.69, 9.17) is 0 Å². The smallest absolute Gasteiger partial charge is 0.0541 e. The lowest BCUT2D eigenvalue weighted by Crippen LogP contribution is -1.95. The first-order valence-electron chi connectivity index (χ1n) is 21.3. The van der Waals surface area contributed by atoms with Crippen molar-refractivity contribution in [1.29, 1.82) is 0 Å². The maximum atomic E-state index is 2.43. The van der Waals surface area contributed by atoms with Crippen molar-refractivity contribution in [2.75, 3.05) is 0 Å². The summed E-state index contributed by atoms with van der Waals surface area (Å²) in [4.78, 5) is 0. The quantitative estimate of drug-likeness (QED) is 0.153. The Kier molecular flexibility index (Phi) is 7.85. The molecule has 0 fully saturated rings. The highest BCUT2D eigenvalue weighted by molar-refractivity contribution is 7.26. The molecule has 0 saturated carbocycles. The van der Waals surface area contributed by atoms with Gasteiger partial charge in [0.2, 0.25) is 0 Å². The van der Waals surface area contributed by atoms with Gasteiger partial charge in [-0.15, -0.1) is 11.3 Å². The van der Waals surface area contributed by atoms with Crippen LogP contribution < -0.4 is 0 Å². The summed E-state index contributed by atoms with van der Waals surface area (Å²) in [5.74, 6) is 0. The van der Waals surface area contributed by atoms with E-state index in [1.807, 2.05) is 11.3 Å². The fourth-order valence-electron chi connectivity index (χ4n) is 10.2. The van der Waals surface area contributed by atoms with E-state index < -0.39 is 0 Å². The van der Waals surface area contributed by atoms with Gasteiger partial charge in [0, 0.05) is 36.6 Å². The van der Waals surface area contributed by atoms with Crippen LogP contribution >= 0.6 is 11.3 Å². The molecule has 0 aliphatic heterocycles. The lowest BCUT2D eigenvalue weighted by Gasteiger charge is -2.18. The predicted molar refractivity (Wildman–Crippen MR) is 268 cm³/mol. The number of hydrogen-bond acceptors (Lipinski definition) is 1. The maximum absolute atomic E-state index is 2.43. The molecule has 11 aromatic carbocycles. The number of para-hydroxylation sites is 1. The Labute approximate surface area is 363 Å². The largest absolute Gasteiger partial charge is 0.309 e. The second-order valence-corrected chi connectivity index (χ2v) is 17.4. The van der Waals surface area contributed by atoms with Gasteiger partial charge in [0.05, 0.1) is 11.0 Å². The third kappa shape index (κ3) is 5.34. The van der Waals surface area contributed by atoms with Crippen LogP contribution in [0.3, 0.4) is 0 Å². The summed E-state index contributed by atoms with van der Waals surface area (Å²) in [5.41, 5.74) is 13.5. The molecule has 13 rings (SSSR count). The van der Waals surface area contributed by atoms with Gasteiger partial charge in [0.1, 0.15) is 0 Å². The predicted octanol–water partition coefficient (Wildman–Crippen LogP) is 17.3. The zero-order chi connectivity index (χ0) is 40.7. The Hall–Kier alpha value is -7.78. The minimum Gasteiger partial charge on any atom is -0.309 e. The summed E-state index contributed by atoms with van der Waals surface area (Å²) in [5, 5.41) is 12.7. The third-order valence-electron chi connectivity index (χ3n) is 13.0. The number of thiophene rings is 1. The molecule has 0 amide bonds. The number of nitrogens with zero attached hydrogens (tertiary/aromatic N) is 1. The zero-order valence-corrected chi connectivity index (χ0v) is 34.5. The van der Waals surface area contributed by atoms with Crippen molar-refractivity contribution < 1.29 is 0 Å². The van der Waals surface area contributed by atoms with Gasteiger partial charge in [0.15, 0.2) is 0 Å². The molecule has 0 spiro atoms. The van der Waals surface area contributed by atoms with E-state index in [1.165, 1.54) is 119 Å². The maximum Gasteiger partial charge on any atom is 0.0541 e. The van der Waals surface area contributed by atoms with Crippen LogP contribution in [0, 0.1) is 0 Å². The van der Waals surface area contributed by atoms with Crippen LogP contribution in [-0.2, 0) is 0 Å². The van der Waals surface area contributed by atoms with Crippen LogP contribution in [0.5, 0.6) is 0 Å². The molecule has 0 atom stereocenters. The van der Waals surface area contributed by atoms with Gasteiger partial charge in [-0.2, -0.15) is 0 Å². The molecule has 2 aromatic heterocycles. The van der Waals surface area contributed by atoms with E-state index in [2.05, 4.69) is 229 Å². The van der Waals surface area contributed by atoms with Crippen LogP contribution in [0.15, 0.2) is 224 Å². The Morgan fingerprint density at radius 3 is 1.48 bits per heavy atom. The fraction of sp³-hybridized carbons (Fsp3) is 0. The zero-order valence-electron chi connectivity index (χ0n) is 33.7. The molecule has 0 aliphatic rings. The highest BCUT2D eigenvalue weighted by Crippen LogP contribution is 2.46. The Morgan fingerprint density at radius 2 is 0.774 bits per heavy atom. The standard InChI is InChI=1S/C60H37NS/c1-2-15-44-38(13-1)14-11-22-45(44)39-27-29-40(30-28-39)58-49-18-3-5-20-51(49)59(52-21-6-4-19-50(52)58)41-31-34-43(35-32-41)61-55-25-9-7-16-47(55)54-37-42(33-36-56(54)61)46-23-12-24-53-48-17-8-10-26-57(48)62-60(46)53/h1-37H. The van der Waals surface area contributed by atoms with Crippen LogP contribution in [0.4, 0.5) is 0 Å². The van der Waals surface area contributed by atoms with Gasteiger partial charge in [0.25, 0.3) is 0 Å². The lowest BCUT2D eigenvalue weighted by atomic mass is 9.85. The van der Waals surface area contributed by atoms with E-state index in [0.29, 0.717) is 0 Å². The average molecular weight is 804 g/mol. The number of hydrogen-bond donors (Lipinski definition) is 0. The lowest BCUT2D eigenvalue weighted by molar-refractivity contribution is 1.18. The van der Waals surface area contributed by atoms with Gasteiger partial charge in [-0.3, -0.25) is 0 Å². The van der Waals surface area contributed by atoms with Crippen molar-refractivity contribution in [3.05, 3.63) is 224 Å². The molecule has 62 heavy (non-hydrogen) atoms. The van der Waals surface area contributed by atoms with E-state index in [0.717, 1.165) is 5.69 Å². The average Bonchev–Trinajstić information content (AvgIpc) is 3.89. The van der Waals surface area contributed by atoms with Gasteiger partial charge < -0.3 is 4.57 Å². The molecule has 0 aliphatic carbocycles. The van der Waals surface area contributed by atoms with Crippen molar-refractivity contribution in [3.63, 3.8) is 0 Å². The van der Waals surface area contributed by atoms with Gasteiger partial charge in [-0.25, -0.2) is 0 Å². The number of fused-ring (bicyclic) bond motifs is 9. The van der Waals surface area contributed by atoms with Crippen molar-refractivity contribution in [3.8, 4) is 50.2 Å².